The summed E-state index contributed by atoms with van der Waals surface area (Å²) in [6.07, 6.45) is 1.03. The Morgan fingerprint density at radius 1 is 1.22 bits per heavy atom. The summed E-state index contributed by atoms with van der Waals surface area (Å²) in [5, 5.41) is 0.452. The van der Waals surface area contributed by atoms with E-state index in [9.17, 15) is 13.2 Å². The summed E-state index contributed by atoms with van der Waals surface area (Å²) in [7, 11) is -3.87. The summed E-state index contributed by atoms with van der Waals surface area (Å²) in [5.41, 5.74) is -0.672. The van der Waals surface area contributed by atoms with Gasteiger partial charge in [-0.05, 0) is 51.8 Å². The third kappa shape index (κ3) is 4.38. The maximum atomic E-state index is 12.8. The molecule has 1 aromatic carbocycles. The summed E-state index contributed by atoms with van der Waals surface area (Å²) in [6, 6.07) is 3.29. The number of halogens is 2. The zero-order chi connectivity index (χ0) is 17.4. The van der Waals surface area contributed by atoms with Crippen LogP contribution in [0, 0.1) is 0 Å². The van der Waals surface area contributed by atoms with Gasteiger partial charge in [0.15, 0.2) is 0 Å². The van der Waals surface area contributed by atoms with Gasteiger partial charge in [0.1, 0.15) is 11.6 Å². The molecule has 2 rings (SSSR count). The van der Waals surface area contributed by atoms with Gasteiger partial charge in [-0.3, -0.25) is 4.79 Å². The highest BCUT2D eigenvalue weighted by molar-refractivity contribution is 7.89. The molecule has 0 spiro atoms. The van der Waals surface area contributed by atoms with Gasteiger partial charge in [-0.2, -0.15) is 4.31 Å². The van der Waals surface area contributed by atoms with Crippen molar-refractivity contribution in [3.8, 4) is 0 Å². The Balaban J connectivity index is 2.33. The van der Waals surface area contributed by atoms with E-state index in [0.717, 1.165) is 0 Å². The van der Waals surface area contributed by atoms with Crippen LogP contribution >= 0.6 is 23.2 Å². The Morgan fingerprint density at radius 2 is 1.78 bits per heavy atom. The van der Waals surface area contributed by atoms with Gasteiger partial charge < -0.3 is 4.74 Å². The van der Waals surface area contributed by atoms with Crippen LogP contribution in [-0.4, -0.2) is 36.9 Å². The van der Waals surface area contributed by atoms with Crippen LogP contribution in [0.5, 0.6) is 0 Å². The molecule has 1 aromatic rings. The van der Waals surface area contributed by atoms with Gasteiger partial charge in [-0.25, -0.2) is 8.42 Å². The fraction of sp³-hybridized carbons (Fsp3) is 0.533. The molecule has 1 saturated heterocycles. The number of hydrogen-bond acceptors (Lipinski definition) is 4. The van der Waals surface area contributed by atoms with Crippen molar-refractivity contribution in [1.82, 2.24) is 4.31 Å². The van der Waals surface area contributed by atoms with Crippen LogP contribution in [0.3, 0.4) is 0 Å². The third-order valence-electron chi connectivity index (χ3n) is 3.33. The number of carbonyl (C=O) groups excluding carboxylic acids is 1. The van der Waals surface area contributed by atoms with Crippen LogP contribution in [0.1, 0.15) is 33.6 Å². The Hall–Kier alpha value is -0.820. The first kappa shape index (κ1) is 18.5. The smallest absolute Gasteiger partial charge is 0.324 e. The number of nitrogens with zero attached hydrogens (tertiary/aromatic N) is 1. The first-order valence-electron chi connectivity index (χ1n) is 7.21. The number of sulfonamides is 1. The van der Waals surface area contributed by atoms with Crippen LogP contribution in [-0.2, 0) is 19.6 Å². The van der Waals surface area contributed by atoms with Crippen LogP contribution < -0.4 is 0 Å². The van der Waals surface area contributed by atoms with E-state index in [0.29, 0.717) is 12.8 Å². The van der Waals surface area contributed by atoms with Crippen LogP contribution in [0.4, 0.5) is 0 Å². The highest BCUT2D eigenvalue weighted by Crippen LogP contribution is 2.30. The highest BCUT2D eigenvalue weighted by Gasteiger charge is 2.41. The van der Waals surface area contributed by atoms with Crippen molar-refractivity contribution in [3.63, 3.8) is 0 Å². The molecule has 1 atom stereocenters. The molecule has 0 aromatic heterocycles. The number of esters is 1. The molecule has 8 heteroatoms. The Bertz CT molecular complexity index is 692. The first-order chi connectivity index (χ1) is 10.5. The van der Waals surface area contributed by atoms with Gasteiger partial charge in [0.05, 0.1) is 4.90 Å². The molecule has 1 fully saturated rings. The standard InChI is InChI=1S/C15H19Cl2NO4S/c1-15(2,3)22-14(19)13-5-4-6-18(13)23(20,21)12-8-10(16)7-11(17)9-12/h7-9,13H,4-6H2,1-3H3/t13-/m0/s1. The van der Waals surface area contributed by atoms with E-state index in [1.54, 1.807) is 20.8 Å². The van der Waals surface area contributed by atoms with Gasteiger partial charge in [0.2, 0.25) is 10.0 Å². The number of rotatable bonds is 3. The molecule has 1 aliphatic rings. The predicted molar refractivity (Wildman–Crippen MR) is 89.2 cm³/mol. The van der Waals surface area contributed by atoms with E-state index in [4.69, 9.17) is 27.9 Å². The maximum Gasteiger partial charge on any atom is 0.324 e. The lowest BCUT2D eigenvalue weighted by Gasteiger charge is -2.27. The fourth-order valence-corrected chi connectivity index (χ4v) is 4.82. The SMILES string of the molecule is CC(C)(C)OC(=O)[C@@H]1CCCN1S(=O)(=O)c1cc(Cl)cc(Cl)c1. The van der Waals surface area contributed by atoms with Crippen molar-refractivity contribution in [2.45, 2.75) is 50.2 Å². The molecule has 128 valence electrons. The van der Waals surface area contributed by atoms with Crippen molar-refractivity contribution in [1.29, 1.82) is 0 Å². The van der Waals surface area contributed by atoms with Crippen molar-refractivity contribution in [3.05, 3.63) is 28.2 Å². The quantitative estimate of drug-likeness (QED) is 0.753. The Morgan fingerprint density at radius 3 is 2.30 bits per heavy atom. The van der Waals surface area contributed by atoms with Crippen LogP contribution in [0.15, 0.2) is 23.1 Å². The molecule has 0 radical (unpaired) electrons. The van der Waals surface area contributed by atoms with Crippen molar-refractivity contribution in [2.75, 3.05) is 6.54 Å². The largest absolute Gasteiger partial charge is 0.459 e. The summed E-state index contributed by atoms with van der Waals surface area (Å²) >= 11 is 11.8. The van der Waals surface area contributed by atoms with Crippen LogP contribution in [0.2, 0.25) is 10.0 Å². The molecule has 23 heavy (non-hydrogen) atoms. The van der Waals surface area contributed by atoms with Crippen molar-refractivity contribution in [2.24, 2.45) is 0 Å². The lowest BCUT2D eigenvalue weighted by Crippen LogP contribution is -2.43. The minimum Gasteiger partial charge on any atom is -0.459 e. The predicted octanol–water partition coefficient (Wildman–Crippen LogP) is 3.49. The second-order valence-electron chi connectivity index (χ2n) is 6.41. The summed E-state index contributed by atoms with van der Waals surface area (Å²) in [5.74, 6) is -0.535. The molecule has 5 nitrogen and oxygen atoms in total. The van der Waals surface area contributed by atoms with Gasteiger partial charge in [0, 0.05) is 16.6 Å². The Labute approximate surface area is 146 Å². The summed E-state index contributed by atoms with van der Waals surface area (Å²) in [4.78, 5) is 12.3. The molecule has 0 bridgehead atoms. The van der Waals surface area contributed by atoms with Gasteiger partial charge in [-0.1, -0.05) is 23.2 Å². The van der Waals surface area contributed by atoms with E-state index >= 15 is 0 Å². The summed E-state index contributed by atoms with van der Waals surface area (Å²) < 4.78 is 32.1. The zero-order valence-corrected chi connectivity index (χ0v) is 15.5. The number of ether oxygens (including phenoxy) is 1. The minimum absolute atomic E-state index is 0.0227. The summed E-state index contributed by atoms with van der Waals surface area (Å²) in [6.45, 7) is 5.50. The van der Waals surface area contributed by atoms with Crippen LogP contribution in [0.25, 0.3) is 0 Å². The van der Waals surface area contributed by atoms with Crippen molar-refractivity contribution >= 4 is 39.2 Å². The molecule has 0 aliphatic carbocycles. The molecule has 0 amide bonds. The molecule has 0 saturated carbocycles. The molecule has 0 N–H and O–H groups in total. The third-order valence-corrected chi connectivity index (χ3v) is 5.65. The van der Waals surface area contributed by atoms with Gasteiger partial charge >= 0.3 is 5.97 Å². The number of hydrogen-bond donors (Lipinski definition) is 0. The van der Waals surface area contributed by atoms with Gasteiger partial charge in [-0.15, -0.1) is 0 Å². The van der Waals surface area contributed by atoms with Crippen molar-refractivity contribution < 1.29 is 17.9 Å². The second kappa shape index (κ2) is 6.59. The fourth-order valence-electron chi connectivity index (χ4n) is 2.45. The second-order valence-corrected chi connectivity index (χ2v) is 9.18. The Kier molecular flexibility index (Phi) is 5.31. The average molecular weight is 380 g/mol. The minimum atomic E-state index is -3.87. The molecular weight excluding hydrogens is 361 g/mol. The number of carbonyl (C=O) groups is 1. The van der Waals surface area contributed by atoms with E-state index in [1.165, 1.54) is 22.5 Å². The van der Waals surface area contributed by atoms with E-state index in [2.05, 4.69) is 0 Å². The monoisotopic (exact) mass is 379 g/mol. The van der Waals surface area contributed by atoms with E-state index in [1.807, 2.05) is 0 Å². The zero-order valence-electron chi connectivity index (χ0n) is 13.2. The van der Waals surface area contributed by atoms with E-state index in [-0.39, 0.29) is 21.5 Å². The lowest BCUT2D eigenvalue weighted by atomic mass is 10.2. The highest BCUT2D eigenvalue weighted by atomic mass is 35.5. The normalized spacial score (nSPS) is 19.8. The first-order valence-corrected chi connectivity index (χ1v) is 9.41. The maximum absolute atomic E-state index is 12.8. The van der Waals surface area contributed by atoms with Gasteiger partial charge in [0.25, 0.3) is 0 Å². The van der Waals surface area contributed by atoms with E-state index < -0.39 is 27.6 Å². The molecule has 1 aliphatic heterocycles. The average Bonchev–Trinajstić information content (AvgIpc) is 2.85. The topological polar surface area (TPSA) is 63.7 Å². The number of benzene rings is 1. The lowest BCUT2D eigenvalue weighted by molar-refractivity contribution is -0.158. The molecule has 1 heterocycles. The molecule has 0 unspecified atom stereocenters. The molecular formula is C15H19Cl2NO4S.